The number of rotatable bonds is 4. The molecule has 4 nitrogen and oxygen atoms in total. The third-order valence-electron chi connectivity index (χ3n) is 2.95. The minimum atomic E-state index is -0.00106. The summed E-state index contributed by atoms with van der Waals surface area (Å²) in [5.41, 5.74) is 7.54. The molecule has 0 aliphatic carbocycles. The fourth-order valence-electron chi connectivity index (χ4n) is 2.15. The molecule has 1 atom stereocenters. The molecule has 1 amide bonds. The molecule has 86 valence electrons. The highest BCUT2D eigenvalue weighted by molar-refractivity contribution is 5.99. The van der Waals surface area contributed by atoms with Crippen molar-refractivity contribution in [3.8, 4) is 0 Å². The van der Waals surface area contributed by atoms with Gasteiger partial charge in [0, 0.05) is 25.8 Å². The van der Waals surface area contributed by atoms with Crippen molar-refractivity contribution in [3.05, 3.63) is 35.4 Å². The van der Waals surface area contributed by atoms with Crippen LogP contribution in [0, 0.1) is 0 Å². The summed E-state index contributed by atoms with van der Waals surface area (Å²) in [6, 6.07) is 7.64. The summed E-state index contributed by atoms with van der Waals surface area (Å²) < 4.78 is 5.01. The molecule has 0 aromatic heterocycles. The number of fused-ring (bicyclic) bond motifs is 1. The Kier molecular flexibility index (Phi) is 3.22. The number of benzene rings is 1. The van der Waals surface area contributed by atoms with E-state index >= 15 is 0 Å². The number of amides is 1. The summed E-state index contributed by atoms with van der Waals surface area (Å²) in [6.45, 7) is 1.58. The molecule has 0 fully saturated rings. The van der Waals surface area contributed by atoms with Crippen molar-refractivity contribution in [1.82, 2.24) is 4.90 Å². The van der Waals surface area contributed by atoms with Gasteiger partial charge in [0.15, 0.2) is 0 Å². The van der Waals surface area contributed by atoms with Crippen LogP contribution in [-0.2, 0) is 4.74 Å². The van der Waals surface area contributed by atoms with Crippen LogP contribution in [0.3, 0.4) is 0 Å². The fraction of sp³-hybridized carbons (Fsp3) is 0.417. The molecule has 0 saturated heterocycles. The maximum absolute atomic E-state index is 12.1. The van der Waals surface area contributed by atoms with Crippen molar-refractivity contribution in [3.63, 3.8) is 0 Å². The molecule has 1 heterocycles. The van der Waals surface area contributed by atoms with Gasteiger partial charge in [0.1, 0.15) is 0 Å². The second-order valence-electron chi connectivity index (χ2n) is 3.83. The average Bonchev–Trinajstić information content (AvgIpc) is 2.60. The number of carbonyl (C=O) groups excluding carboxylic acids is 1. The van der Waals surface area contributed by atoms with Gasteiger partial charge in [-0.3, -0.25) is 4.79 Å². The Hall–Kier alpha value is -1.39. The Morgan fingerprint density at radius 1 is 1.44 bits per heavy atom. The summed E-state index contributed by atoms with van der Waals surface area (Å²) in [6.07, 6.45) is 0. The Bertz CT molecular complexity index is 392. The number of hydrogen-bond acceptors (Lipinski definition) is 3. The molecule has 2 rings (SSSR count). The molecule has 0 saturated carbocycles. The van der Waals surface area contributed by atoms with E-state index in [-0.39, 0.29) is 11.9 Å². The highest BCUT2D eigenvalue weighted by atomic mass is 16.5. The Balaban J connectivity index is 2.28. The Morgan fingerprint density at radius 3 is 2.88 bits per heavy atom. The molecule has 0 radical (unpaired) electrons. The molecule has 0 unspecified atom stereocenters. The van der Waals surface area contributed by atoms with Gasteiger partial charge in [0.25, 0.3) is 5.91 Å². The van der Waals surface area contributed by atoms with Gasteiger partial charge in [-0.1, -0.05) is 18.2 Å². The number of nitrogens with zero attached hydrogens (tertiary/aromatic N) is 1. The van der Waals surface area contributed by atoms with Gasteiger partial charge in [-0.25, -0.2) is 0 Å². The Morgan fingerprint density at radius 2 is 2.19 bits per heavy atom. The summed E-state index contributed by atoms with van der Waals surface area (Å²) in [5.74, 6) is 0.0584. The van der Waals surface area contributed by atoms with Crippen LogP contribution in [0.25, 0.3) is 0 Å². The van der Waals surface area contributed by atoms with Crippen molar-refractivity contribution in [2.24, 2.45) is 5.73 Å². The lowest BCUT2D eigenvalue weighted by atomic mass is 10.1. The standard InChI is InChI=1S/C12H16N2O2/c1-16-7-6-14-11(8-13)9-4-2-3-5-10(9)12(14)15/h2-5,11H,6-8,13H2,1H3/t11-/m0/s1. The first-order chi connectivity index (χ1) is 7.79. The molecule has 0 spiro atoms. The van der Waals surface area contributed by atoms with Crippen LogP contribution < -0.4 is 5.73 Å². The highest BCUT2D eigenvalue weighted by Crippen LogP contribution is 2.32. The zero-order chi connectivity index (χ0) is 11.5. The smallest absolute Gasteiger partial charge is 0.254 e. The second kappa shape index (κ2) is 4.63. The molecule has 0 bridgehead atoms. The summed E-state index contributed by atoms with van der Waals surface area (Å²) in [4.78, 5) is 13.9. The van der Waals surface area contributed by atoms with Crippen LogP contribution >= 0.6 is 0 Å². The lowest BCUT2D eigenvalue weighted by Gasteiger charge is -2.23. The molecule has 1 aromatic carbocycles. The molecule has 16 heavy (non-hydrogen) atoms. The van der Waals surface area contributed by atoms with E-state index in [0.29, 0.717) is 19.7 Å². The predicted octanol–water partition coefficient (Wildman–Crippen LogP) is 0.789. The van der Waals surface area contributed by atoms with Gasteiger partial charge in [-0.05, 0) is 11.6 Å². The van der Waals surface area contributed by atoms with Gasteiger partial charge in [0.2, 0.25) is 0 Å². The second-order valence-corrected chi connectivity index (χ2v) is 3.83. The SMILES string of the molecule is COCCN1C(=O)c2ccccc2[C@@H]1CN. The molecule has 4 heteroatoms. The van der Waals surface area contributed by atoms with Crippen molar-refractivity contribution >= 4 is 5.91 Å². The summed E-state index contributed by atoms with van der Waals surface area (Å²) in [5, 5.41) is 0. The molecule has 1 aliphatic rings. The average molecular weight is 220 g/mol. The van der Waals surface area contributed by atoms with Gasteiger partial charge < -0.3 is 15.4 Å². The zero-order valence-corrected chi connectivity index (χ0v) is 9.35. The molecule has 1 aromatic rings. The minimum Gasteiger partial charge on any atom is -0.383 e. The normalized spacial score (nSPS) is 19.0. The quantitative estimate of drug-likeness (QED) is 0.816. The van der Waals surface area contributed by atoms with Gasteiger partial charge in [0.05, 0.1) is 12.6 Å². The Labute approximate surface area is 95.0 Å². The van der Waals surface area contributed by atoms with Crippen molar-refractivity contribution in [2.45, 2.75) is 6.04 Å². The topological polar surface area (TPSA) is 55.6 Å². The number of carbonyl (C=O) groups is 1. The van der Waals surface area contributed by atoms with E-state index in [4.69, 9.17) is 10.5 Å². The van der Waals surface area contributed by atoms with E-state index < -0.39 is 0 Å². The van der Waals surface area contributed by atoms with E-state index in [9.17, 15) is 4.79 Å². The summed E-state index contributed by atoms with van der Waals surface area (Å²) >= 11 is 0. The van der Waals surface area contributed by atoms with Gasteiger partial charge in [-0.2, -0.15) is 0 Å². The van der Waals surface area contributed by atoms with Crippen LogP contribution in [-0.4, -0.2) is 37.6 Å². The monoisotopic (exact) mass is 220 g/mol. The van der Waals surface area contributed by atoms with Crippen LogP contribution in [0.5, 0.6) is 0 Å². The zero-order valence-electron chi connectivity index (χ0n) is 9.35. The summed E-state index contributed by atoms with van der Waals surface area (Å²) in [7, 11) is 1.63. The van der Waals surface area contributed by atoms with Gasteiger partial charge >= 0.3 is 0 Å². The predicted molar refractivity (Wildman–Crippen MR) is 61.1 cm³/mol. The number of ether oxygens (including phenoxy) is 1. The maximum Gasteiger partial charge on any atom is 0.254 e. The third kappa shape index (κ3) is 1.70. The lowest BCUT2D eigenvalue weighted by molar-refractivity contribution is 0.0659. The van der Waals surface area contributed by atoms with Crippen molar-refractivity contribution in [2.75, 3.05) is 26.8 Å². The van der Waals surface area contributed by atoms with Crippen LogP contribution in [0.1, 0.15) is 22.0 Å². The minimum absolute atomic E-state index is 0.00106. The van der Waals surface area contributed by atoms with Crippen LogP contribution in [0.15, 0.2) is 24.3 Å². The molecule has 1 aliphatic heterocycles. The number of methoxy groups -OCH3 is 1. The van der Waals surface area contributed by atoms with E-state index in [0.717, 1.165) is 11.1 Å². The van der Waals surface area contributed by atoms with Crippen LogP contribution in [0.4, 0.5) is 0 Å². The first-order valence-electron chi connectivity index (χ1n) is 5.38. The van der Waals surface area contributed by atoms with E-state index in [1.165, 1.54) is 0 Å². The largest absolute Gasteiger partial charge is 0.383 e. The first kappa shape index (κ1) is 11.1. The van der Waals surface area contributed by atoms with Crippen LogP contribution in [0.2, 0.25) is 0 Å². The molecular formula is C12H16N2O2. The third-order valence-corrected chi connectivity index (χ3v) is 2.95. The fourth-order valence-corrected chi connectivity index (χ4v) is 2.15. The molecule has 2 N–H and O–H groups in total. The maximum atomic E-state index is 12.1. The van der Waals surface area contributed by atoms with E-state index in [2.05, 4.69) is 0 Å². The van der Waals surface area contributed by atoms with E-state index in [1.54, 1.807) is 12.0 Å². The molecular weight excluding hydrogens is 204 g/mol. The van der Waals surface area contributed by atoms with Crippen molar-refractivity contribution < 1.29 is 9.53 Å². The van der Waals surface area contributed by atoms with Crippen molar-refractivity contribution in [1.29, 1.82) is 0 Å². The lowest BCUT2D eigenvalue weighted by Crippen LogP contribution is -2.34. The number of hydrogen-bond donors (Lipinski definition) is 1. The first-order valence-corrected chi connectivity index (χ1v) is 5.38. The van der Waals surface area contributed by atoms with E-state index in [1.807, 2.05) is 24.3 Å². The van der Waals surface area contributed by atoms with Gasteiger partial charge in [-0.15, -0.1) is 0 Å². The highest BCUT2D eigenvalue weighted by Gasteiger charge is 2.34. The number of nitrogens with two attached hydrogens (primary N) is 1.